The first kappa shape index (κ1) is 52.2. The highest BCUT2D eigenvalue weighted by molar-refractivity contribution is 7.89. The van der Waals surface area contributed by atoms with Crippen molar-refractivity contribution < 1.29 is 75.3 Å². The van der Waals surface area contributed by atoms with Gasteiger partial charge in [-0.3, -0.25) is 53.0 Å². The Hall–Kier alpha value is -7.68. The van der Waals surface area contributed by atoms with E-state index in [9.17, 15) is 56.7 Å². The van der Waals surface area contributed by atoms with Crippen LogP contribution in [0.2, 0.25) is 0 Å². The fraction of sp³-hybridized carbons (Fsp3) is 0.409. The number of methoxy groups -OCH3 is 1. The number of hydrogen-bond acceptors (Lipinski definition) is 18. The van der Waals surface area contributed by atoms with E-state index in [4.69, 9.17) is 24.0 Å². The normalized spacial score (nSPS) is 16.3. The van der Waals surface area contributed by atoms with Crippen molar-refractivity contribution in [2.75, 3.05) is 83.6 Å². The molecule has 6 heterocycles. The molecule has 28 heteroatoms. The number of benzene rings is 1. The highest BCUT2D eigenvalue weighted by Crippen LogP contribution is 2.47. The van der Waals surface area contributed by atoms with Crippen LogP contribution >= 0.6 is 0 Å². The number of nitrogens with one attached hydrogen (secondary N) is 5. The zero-order valence-electron chi connectivity index (χ0n) is 38.8. The van der Waals surface area contributed by atoms with E-state index in [1.54, 1.807) is 6.92 Å². The summed E-state index contributed by atoms with van der Waals surface area (Å²) >= 11 is 0. The van der Waals surface area contributed by atoms with Crippen molar-refractivity contribution in [2.45, 2.75) is 39.0 Å². The quantitative estimate of drug-likeness (QED) is 0.0117. The van der Waals surface area contributed by atoms with Gasteiger partial charge in [-0.25, -0.2) is 22.6 Å². The molecule has 7 amide bonds. The molecule has 3 aromatic rings. The zero-order chi connectivity index (χ0) is 52.1. The Kier molecular flexibility index (Phi) is 15.8. The molecule has 0 unspecified atom stereocenters. The molecule has 6 N–H and O–H groups in total. The summed E-state index contributed by atoms with van der Waals surface area (Å²) < 4.78 is 59.1. The lowest BCUT2D eigenvalue weighted by Gasteiger charge is -2.28. The van der Waals surface area contributed by atoms with Gasteiger partial charge in [-0.2, -0.15) is 9.79 Å². The first-order valence-corrected chi connectivity index (χ1v) is 23.5. The first-order chi connectivity index (χ1) is 34.3. The predicted octanol–water partition coefficient (Wildman–Crippen LogP) is -3.64. The summed E-state index contributed by atoms with van der Waals surface area (Å²) in [5.41, 5.74) is 1.34. The van der Waals surface area contributed by atoms with E-state index in [1.807, 2.05) is 0 Å². The number of pyridine rings is 2. The van der Waals surface area contributed by atoms with E-state index >= 15 is 4.39 Å². The largest absolute Gasteiger partial charge is 0.467 e. The van der Waals surface area contributed by atoms with E-state index in [0.717, 1.165) is 27.4 Å². The van der Waals surface area contributed by atoms with Crippen LogP contribution in [0.5, 0.6) is 5.75 Å². The summed E-state index contributed by atoms with van der Waals surface area (Å²) in [5, 5.41) is 20.7. The number of sulfonamides is 1. The molecule has 72 heavy (non-hydrogen) atoms. The van der Waals surface area contributed by atoms with Crippen molar-refractivity contribution in [1.29, 1.82) is 0 Å². The minimum Gasteiger partial charge on any atom is -0.467 e. The summed E-state index contributed by atoms with van der Waals surface area (Å²) in [4.78, 5) is 125. The fourth-order valence-corrected chi connectivity index (χ4v) is 9.43. The number of carbonyl (C=O) groups excluding carboxylic acids is 8. The molecule has 4 aliphatic heterocycles. The Morgan fingerprint density at radius 1 is 0.931 bits per heavy atom. The van der Waals surface area contributed by atoms with Gasteiger partial charge in [0.05, 0.1) is 61.0 Å². The first-order valence-electron chi connectivity index (χ1n) is 21.9. The molecule has 0 saturated heterocycles. The Morgan fingerprint density at radius 3 is 2.26 bits per heavy atom. The molecule has 4 aliphatic rings. The number of hydroxylamine groups is 1. The summed E-state index contributed by atoms with van der Waals surface area (Å²) in [6, 6.07) is 2.59. The second kappa shape index (κ2) is 21.8. The average Bonchev–Trinajstić information content (AvgIpc) is 4.05. The third-order valence-electron chi connectivity index (χ3n) is 11.7. The van der Waals surface area contributed by atoms with E-state index in [-0.39, 0.29) is 86.3 Å². The highest BCUT2D eigenvalue weighted by atomic mass is 32.2. The summed E-state index contributed by atoms with van der Waals surface area (Å²) in [6.07, 6.45) is 1.72. The third kappa shape index (κ3) is 10.8. The van der Waals surface area contributed by atoms with Crippen LogP contribution < -0.4 is 41.9 Å². The lowest BCUT2D eigenvalue weighted by atomic mass is 9.88. The van der Waals surface area contributed by atoms with Gasteiger partial charge in [0, 0.05) is 67.9 Å². The number of rotatable bonds is 21. The van der Waals surface area contributed by atoms with E-state index in [1.165, 1.54) is 29.6 Å². The molecule has 1 aromatic carbocycles. The molecule has 26 nitrogen and oxygen atoms in total. The lowest BCUT2D eigenvalue weighted by molar-refractivity contribution is -0.164. The summed E-state index contributed by atoms with van der Waals surface area (Å²) in [7, 11) is -2.66. The lowest BCUT2D eigenvalue weighted by Crippen LogP contribution is -2.45. The average molecular weight is 1020 g/mol. The topological polar surface area (TPSA) is 333 Å². The van der Waals surface area contributed by atoms with Gasteiger partial charge >= 0.3 is 5.97 Å². The van der Waals surface area contributed by atoms with E-state index < -0.39 is 113 Å². The highest BCUT2D eigenvalue weighted by Gasteiger charge is 2.46. The second-order valence-corrected chi connectivity index (χ2v) is 18.3. The van der Waals surface area contributed by atoms with E-state index in [0.29, 0.717) is 22.2 Å². The standard InChI is InChI=1S/C44H47FN10O16S/c1-4-8-44(65)27-14-30-39-25(20-54(30)42(63)26(27)21-69-43(44)64)24(2)38-29(51-39)15-28(45)41-40(38)55(23-70-41)37(62)19-50-71-22-49-34(59)18-48-33(58)17-47-32(57)16-46-31(56)7-9-52(72(66,67)13-12-68-3)10-11-53-35(60)5-6-36(53)61/h5-6,14-15,50,65H,7,9-13,16-23H2,1-3H3,(H,46,56)(H,47,57)(H,48,58)(H,49,59)/t44-/m0/s1. The van der Waals surface area contributed by atoms with Gasteiger partial charge in [0.25, 0.3) is 23.0 Å². The minimum atomic E-state index is -3.96. The van der Waals surface area contributed by atoms with Gasteiger partial charge < -0.3 is 45.2 Å². The maximum Gasteiger partial charge on any atom is 0.356 e. The van der Waals surface area contributed by atoms with Crippen LogP contribution in [0.25, 0.3) is 22.3 Å². The van der Waals surface area contributed by atoms with Crippen LogP contribution in [0.4, 0.5) is 10.1 Å². The molecular weight excluding hydrogens is 976 g/mol. The van der Waals surface area contributed by atoms with Crippen LogP contribution in [0.15, 0.2) is 29.1 Å². The number of aryl methyl sites for hydroxylation is 1. The number of esters is 1. The summed E-state index contributed by atoms with van der Waals surface area (Å²) in [5.74, 6) is -2.38. The number of ether oxygens (including phenoxy) is 3. The van der Waals surface area contributed by atoms with Gasteiger partial charge in [0.2, 0.25) is 39.6 Å². The number of carbonyl (C=O) groups is 8. The second-order valence-electron chi connectivity index (χ2n) is 16.2. The number of imide groups is 1. The Balaban J connectivity index is 0.839. The SMILES string of the molecule is CC#C[C@@]1(O)C(=O)OCc2c1cc1n(c2=O)Cc2c-1nc1cc(F)c3c(c1c2C)N(C(=O)CNOCNC(=O)CNC(=O)CNC(=O)CNC(=O)CCN(CCN1C(=O)C=CC1=O)S(=O)(=O)CCOC)CO3. The third-order valence-corrected chi connectivity index (χ3v) is 13.6. The van der Waals surface area contributed by atoms with Crippen LogP contribution in [-0.2, 0) is 81.4 Å². The van der Waals surface area contributed by atoms with Gasteiger partial charge in [-0.15, -0.1) is 5.92 Å². The monoisotopic (exact) mass is 1020 g/mol. The number of halogens is 1. The van der Waals surface area contributed by atoms with Crippen molar-refractivity contribution in [3.63, 3.8) is 0 Å². The molecule has 2 aromatic heterocycles. The molecular formula is C44H47FN10O16S. The maximum atomic E-state index is 15.6. The van der Waals surface area contributed by atoms with Crippen LogP contribution in [0.1, 0.15) is 35.6 Å². The molecule has 0 spiro atoms. The Bertz CT molecular complexity index is 3060. The molecule has 0 fully saturated rings. The van der Waals surface area contributed by atoms with Crippen molar-refractivity contribution >= 4 is 73.9 Å². The molecule has 0 radical (unpaired) electrons. The smallest absolute Gasteiger partial charge is 0.356 e. The number of amides is 7. The fourth-order valence-electron chi connectivity index (χ4n) is 8.07. The number of nitrogens with zero attached hydrogens (tertiary/aromatic N) is 5. The van der Waals surface area contributed by atoms with Gasteiger partial charge in [0.1, 0.15) is 25.6 Å². The molecule has 0 bridgehead atoms. The number of fused-ring (bicyclic) bond motifs is 7. The maximum absolute atomic E-state index is 15.6. The van der Waals surface area contributed by atoms with Crippen molar-refractivity contribution in [1.82, 2.24) is 45.5 Å². The van der Waals surface area contributed by atoms with Crippen LogP contribution in [0.3, 0.4) is 0 Å². The number of anilines is 1. The Labute approximate surface area is 408 Å². The van der Waals surface area contributed by atoms with Crippen LogP contribution in [0, 0.1) is 24.6 Å². The van der Waals surface area contributed by atoms with E-state index in [2.05, 4.69) is 38.6 Å². The summed E-state index contributed by atoms with van der Waals surface area (Å²) in [6.45, 7) is -1.27. The molecule has 7 rings (SSSR count). The van der Waals surface area contributed by atoms with Gasteiger partial charge in [-0.1, -0.05) is 5.92 Å². The van der Waals surface area contributed by atoms with Gasteiger partial charge in [0.15, 0.2) is 18.3 Å². The van der Waals surface area contributed by atoms with Gasteiger partial charge in [-0.05, 0) is 25.5 Å². The van der Waals surface area contributed by atoms with Crippen molar-refractivity contribution in [3.05, 3.63) is 62.7 Å². The Morgan fingerprint density at radius 2 is 1.60 bits per heavy atom. The minimum absolute atomic E-state index is 0.0238. The molecule has 382 valence electrons. The van der Waals surface area contributed by atoms with Crippen molar-refractivity contribution in [3.8, 4) is 29.0 Å². The zero-order valence-corrected chi connectivity index (χ0v) is 39.6. The molecule has 0 saturated carbocycles. The van der Waals surface area contributed by atoms with Crippen LogP contribution in [-0.4, -0.2) is 158 Å². The number of aromatic nitrogens is 2. The van der Waals surface area contributed by atoms with Crippen molar-refractivity contribution in [2.24, 2.45) is 0 Å². The molecule has 0 aliphatic carbocycles. The number of hydrogen-bond donors (Lipinski definition) is 6. The molecule has 1 atom stereocenters. The number of aliphatic hydroxyl groups is 1. The predicted molar refractivity (Wildman–Crippen MR) is 244 cm³/mol. The number of cyclic esters (lactones) is 1.